The van der Waals surface area contributed by atoms with Crippen LogP contribution in [0.25, 0.3) is 11.3 Å². The first-order chi connectivity index (χ1) is 6.83. The molecule has 0 radical (unpaired) electrons. The lowest BCUT2D eigenvalue weighted by Gasteiger charge is -1.99. The van der Waals surface area contributed by atoms with Gasteiger partial charge in [0.15, 0.2) is 0 Å². The molecule has 0 unspecified atom stereocenters. The summed E-state index contributed by atoms with van der Waals surface area (Å²) in [4.78, 5) is 0. The number of benzene rings is 1. The van der Waals surface area contributed by atoms with Gasteiger partial charge < -0.3 is 0 Å². The van der Waals surface area contributed by atoms with E-state index in [4.69, 9.17) is 0 Å². The van der Waals surface area contributed by atoms with Crippen LogP contribution in [0.15, 0.2) is 30.3 Å². The molecule has 72 valence electrons. The zero-order chi connectivity index (χ0) is 9.97. The fourth-order valence-corrected chi connectivity index (χ4v) is 1.35. The fraction of sp³-hybridized carbons (Fsp3) is 0.100. The number of rotatable bonds is 2. The van der Waals surface area contributed by atoms with Crippen LogP contribution in [0.5, 0.6) is 0 Å². The molecule has 0 spiro atoms. The molecule has 1 heterocycles. The Balaban J connectivity index is 2.52. The molecule has 2 N–H and O–H groups in total. The van der Waals surface area contributed by atoms with E-state index in [1.54, 1.807) is 12.5 Å². The van der Waals surface area contributed by atoms with Gasteiger partial charge in [-0.05, 0) is 6.92 Å². The van der Waals surface area contributed by atoms with Gasteiger partial charge in [0.25, 0.3) is 0 Å². The van der Waals surface area contributed by atoms with E-state index < -0.39 is 0 Å². The second-order valence-corrected chi connectivity index (χ2v) is 3.03. The lowest BCUT2D eigenvalue weighted by molar-refractivity contribution is 0.617. The lowest BCUT2D eigenvalue weighted by Crippen LogP contribution is -1.86. The normalized spacial score (nSPS) is 10.1. The summed E-state index contributed by atoms with van der Waals surface area (Å²) >= 11 is 0. The zero-order valence-corrected chi connectivity index (χ0v) is 7.71. The van der Waals surface area contributed by atoms with Crippen LogP contribution in [0.1, 0.15) is 5.69 Å². The molecule has 1 aromatic carbocycles. The SMILES string of the molecule is Cc1[nH]nc(-c2ccccc2)c1NF. The minimum absolute atomic E-state index is 0.399. The first-order valence-electron chi connectivity index (χ1n) is 4.30. The van der Waals surface area contributed by atoms with E-state index in [-0.39, 0.29) is 0 Å². The summed E-state index contributed by atoms with van der Waals surface area (Å²) in [7, 11) is 0. The van der Waals surface area contributed by atoms with Gasteiger partial charge in [0.1, 0.15) is 11.4 Å². The second kappa shape index (κ2) is 3.49. The first kappa shape index (κ1) is 8.74. The highest BCUT2D eigenvalue weighted by Crippen LogP contribution is 2.27. The summed E-state index contributed by atoms with van der Waals surface area (Å²) in [5, 5.41) is 6.76. The van der Waals surface area contributed by atoms with Crippen molar-refractivity contribution in [2.45, 2.75) is 6.92 Å². The van der Waals surface area contributed by atoms with Crippen molar-refractivity contribution in [3.63, 3.8) is 0 Å². The van der Waals surface area contributed by atoms with Crippen molar-refractivity contribution in [3.8, 4) is 11.3 Å². The van der Waals surface area contributed by atoms with Crippen LogP contribution in [-0.2, 0) is 0 Å². The van der Waals surface area contributed by atoms with Gasteiger partial charge in [-0.1, -0.05) is 30.3 Å². The van der Waals surface area contributed by atoms with Crippen LogP contribution in [0.4, 0.5) is 10.2 Å². The van der Waals surface area contributed by atoms with E-state index in [9.17, 15) is 4.48 Å². The summed E-state index contributed by atoms with van der Waals surface area (Å²) in [5.74, 6) is 0. The Morgan fingerprint density at radius 2 is 2.00 bits per heavy atom. The third-order valence-corrected chi connectivity index (χ3v) is 2.09. The highest BCUT2D eigenvalue weighted by molar-refractivity contribution is 5.75. The van der Waals surface area contributed by atoms with Crippen LogP contribution in [-0.4, -0.2) is 10.2 Å². The molecule has 0 fully saturated rings. The van der Waals surface area contributed by atoms with Crippen LogP contribution >= 0.6 is 0 Å². The molecule has 0 aliphatic rings. The number of halogens is 1. The number of aryl methyl sites for hydroxylation is 1. The van der Waals surface area contributed by atoms with Crippen LogP contribution in [0.2, 0.25) is 0 Å². The van der Waals surface area contributed by atoms with E-state index in [0.29, 0.717) is 17.1 Å². The van der Waals surface area contributed by atoms with Crippen molar-refractivity contribution in [1.82, 2.24) is 10.2 Å². The van der Waals surface area contributed by atoms with Crippen molar-refractivity contribution in [2.24, 2.45) is 0 Å². The van der Waals surface area contributed by atoms with E-state index >= 15 is 0 Å². The summed E-state index contributed by atoms with van der Waals surface area (Å²) in [6, 6.07) is 9.46. The number of hydrogen-bond acceptors (Lipinski definition) is 2. The van der Waals surface area contributed by atoms with Gasteiger partial charge in [-0.2, -0.15) is 5.10 Å². The Morgan fingerprint density at radius 3 is 2.64 bits per heavy atom. The van der Waals surface area contributed by atoms with Crippen molar-refractivity contribution in [2.75, 3.05) is 5.54 Å². The molecular formula is C10H10FN3. The van der Waals surface area contributed by atoms with Gasteiger partial charge in [0.2, 0.25) is 0 Å². The van der Waals surface area contributed by atoms with E-state index in [0.717, 1.165) is 5.56 Å². The maximum Gasteiger partial charge on any atom is 0.118 e. The standard InChI is InChI=1S/C10H10FN3/c1-7-9(12-11)10(14-13-7)8-5-3-2-4-6-8/h2-6,12H,1H3,(H,13,14). The maximum absolute atomic E-state index is 12.5. The number of hydrogen-bond donors (Lipinski definition) is 2. The molecule has 3 nitrogen and oxygen atoms in total. The molecule has 2 rings (SSSR count). The highest BCUT2D eigenvalue weighted by Gasteiger charge is 2.10. The number of aromatic nitrogens is 2. The Hall–Kier alpha value is -1.84. The van der Waals surface area contributed by atoms with Gasteiger partial charge in [-0.3, -0.25) is 5.10 Å². The smallest absolute Gasteiger partial charge is 0.118 e. The molecule has 0 amide bonds. The molecule has 0 saturated carbocycles. The predicted molar refractivity (Wildman–Crippen MR) is 53.5 cm³/mol. The molecule has 0 aliphatic carbocycles. The number of nitrogens with zero attached hydrogens (tertiary/aromatic N) is 1. The fourth-order valence-electron chi connectivity index (χ4n) is 1.35. The quantitative estimate of drug-likeness (QED) is 0.716. The number of anilines is 1. The van der Waals surface area contributed by atoms with Gasteiger partial charge >= 0.3 is 0 Å². The van der Waals surface area contributed by atoms with Gasteiger partial charge in [-0.25, -0.2) is 5.54 Å². The molecule has 1 aromatic heterocycles. The Bertz CT molecular complexity index is 422. The van der Waals surface area contributed by atoms with Crippen molar-refractivity contribution >= 4 is 5.69 Å². The Kier molecular flexibility index (Phi) is 2.18. The monoisotopic (exact) mass is 191 g/mol. The predicted octanol–water partition coefficient (Wildman–Crippen LogP) is 2.68. The molecule has 2 aromatic rings. The number of aromatic amines is 1. The third-order valence-electron chi connectivity index (χ3n) is 2.09. The number of H-pyrrole nitrogens is 1. The molecule has 14 heavy (non-hydrogen) atoms. The van der Waals surface area contributed by atoms with Gasteiger partial charge in [0.05, 0.1) is 5.69 Å². The lowest BCUT2D eigenvalue weighted by atomic mass is 10.1. The molecule has 0 bridgehead atoms. The van der Waals surface area contributed by atoms with Gasteiger partial charge in [0, 0.05) is 5.56 Å². The largest absolute Gasteiger partial charge is 0.280 e. The average Bonchev–Trinajstić information content (AvgIpc) is 2.61. The Labute approximate surface area is 80.9 Å². The minimum Gasteiger partial charge on any atom is -0.280 e. The molecule has 0 atom stereocenters. The van der Waals surface area contributed by atoms with Crippen molar-refractivity contribution < 1.29 is 4.48 Å². The highest BCUT2D eigenvalue weighted by atomic mass is 19.2. The Morgan fingerprint density at radius 1 is 1.29 bits per heavy atom. The summed E-state index contributed by atoms with van der Waals surface area (Å²) in [6.07, 6.45) is 0. The molecule has 0 aliphatic heterocycles. The second-order valence-electron chi connectivity index (χ2n) is 3.03. The van der Waals surface area contributed by atoms with Crippen LogP contribution < -0.4 is 5.54 Å². The van der Waals surface area contributed by atoms with Crippen LogP contribution in [0, 0.1) is 6.92 Å². The molecule has 0 saturated heterocycles. The van der Waals surface area contributed by atoms with Crippen LogP contribution in [0.3, 0.4) is 0 Å². The topological polar surface area (TPSA) is 40.7 Å². The van der Waals surface area contributed by atoms with E-state index in [1.807, 2.05) is 30.3 Å². The summed E-state index contributed by atoms with van der Waals surface area (Å²) in [5.41, 5.74) is 4.22. The van der Waals surface area contributed by atoms with Crippen molar-refractivity contribution in [3.05, 3.63) is 36.0 Å². The zero-order valence-electron chi connectivity index (χ0n) is 7.71. The summed E-state index contributed by atoms with van der Waals surface area (Å²) < 4.78 is 12.5. The maximum atomic E-state index is 12.5. The number of nitrogens with one attached hydrogen (secondary N) is 2. The third kappa shape index (κ3) is 1.35. The molecule has 4 heteroatoms. The summed E-state index contributed by atoms with van der Waals surface area (Å²) in [6.45, 7) is 1.77. The first-order valence-corrected chi connectivity index (χ1v) is 4.30. The minimum atomic E-state index is 0.399. The van der Waals surface area contributed by atoms with E-state index in [1.165, 1.54) is 0 Å². The van der Waals surface area contributed by atoms with Gasteiger partial charge in [-0.15, -0.1) is 4.48 Å². The van der Waals surface area contributed by atoms with E-state index in [2.05, 4.69) is 10.2 Å². The molecular weight excluding hydrogens is 181 g/mol. The average molecular weight is 191 g/mol. The van der Waals surface area contributed by atoms with Crippen molar-refractivity contribution in [1.29, 1.82) is 0 Å².